The Kier molecular flexibility index (Phi) is 9.10. The zero-order valence-electron chi connectivity index (χ0n) is 22.4. The molecular formula is C29H26ClN3O8. The van der Waals surface area contributed by atoms with E-state index >= 15 is 0 Å². The van der Waals surface area contributed by atoms with Crippen LogP contribution in [-0.4, -0.2) is 51.2 Å². The summed E-state index contributed by atoms with van der Waals surface area (Å²) in [6, 6.07) is 15.1. The van der Waals surface area contributed by atoms with Crippen molar-refractivity contribution in [2.24, 2.45) is 0 Å². The van der Waals surface area contributed by atoms with Gasteiger partial charge in [-0.15, -0.1) is 0 Å². The van der Waals surface area contributed by atoms with Crippen molar-refractivity contribution in [3.63, 3.8) is 0 Å². The Labute approximate surface area is 240 Å². The first-order chi connectivity index (χ1) is 19.7. The van der Waals surface area contributed by atoms with E-state index in [9.17, 15) is 19.2 Å². The van der Waals surface area contributed by atoms with Crippen LogP contribution in [0.3, 0.4) is 0 Å². The number of rotatable bonds is 10. The first-order valence-electron chi connectivity index (χ1n) is 12.3. The Morgan fingerprint density at radius 3 is 2.27 bits per heavy atom. The maximum absolute atomic E-state index is 13.2. The molecule has 1 saturated heterocycles. The second kappa shape index (κ2) is 12.9. The third-order valence-corrected chi connectivity index (χ3v) is 6.07. The lowest BCUT2D eigenvalue weighted by atomic mass is 10.1. The minimum atomic E-state index is -0.881. The number of hydrogen-bond donors (Lipinski definition) is 2. The molecule has 1 aliphatic rings. The molecule has 0 bridgehead atoms. The topological polar surface area (TPSA) is 132 Å². The number of carbonyl (C=O) groups is 4. The molecule has 0 aliphatic carbocycles. The zero-order chi connectivity index (χ0) is 29.5. The van der Waals surface area contributed by atoms with Crippen LogP contribution >= 0.6 is 11.6 Å². The van der Waals surface area contributed by atoms with Crippen molar-refractivity contribution in [1.29, 1.82) is 0 Å². The third kappa shape index (κ3) is 6.76. The number of nitrogens with zero attached hydrogens (tertiary/aromatic N) is 1. The molecule has 0 atom stereocenters. The molecule has 3 aromatic rings. The van der Waals surface area contributed by atoms with Crippen LogP contribution in [0.2, 0.25) is 5.02 Å². The van der Waals surface area contributed by atoms with Gasteiger partial charge in [-0.25, -0.2) is 9.69 Å². The smallest absolute Gasteiger partial charge is 0.335 e. The predicted octanol–water partition coefficient (Wildman–Crippen LogP) is 4.44. The fourth-order valence-corrected chi connectivity index (χ4v) is 4.16. The van der Waals surface area contributed by atoms with Crippen molar-refractivity contribution in [3.8, 4) is 23.0 Å². The van der Waals surface area contributed by atoms with Crippen LogP contribution in [0.5, 0.6) is 23.0 Å². The Hall–Kier alpha value is -5.03. The highest BCUT2D eigenvalue weighted by molar-refractivity contribution is 6.39. The van der Waals surface area contributed by atoms with Crippen molar-refractivity contribution in [3.05, 3.63) is 76.8 Å². The van der Waals surface area contributed by atoms with E-state index < -0.39 is 23.8 Å². The second-order valence-corrected chi connectivity index (χ2v) is 8.89. The monoisotopic (exact) mass is 579 g/mol. The summed E-state index contributed by atoms with van der Waals surface area (Å²) < 4.78 is 21.5. The summed E-state index contributed by atoms with van der Waals surface area (Å²) in [4.78, 5) is 51.6. The van der Waals surface area contributed by atoms with Gasteiger partial charge in [0.15, 0.2) is 18.1 Å². The standard InChI is InChI=1S/C29H26ClN3O8/c1-4-40-21-11-7-19(8-12-21)33-28(36)22(27(35)32-29(33)37)13-17-14-23(30)26(24(15-17)39-3)41-16-25(34)31-18-5-9-20(38-2)10-6-18/h5-15H,4,16H2,1-3H3,(H,31,34)(H,32,35,37)/b22-13+. The minimum Gasteiger partial charge on any atom is -0.497 e. The molecule has 1 heterocycles. The number of amides is 5. The largest absolute Gasteiger partial charge is 0.497 e. The fraction of sp³-hybridized carbons (Fsp3) is 0.172. The van der Waals surface area contributed by atoms with Crippen LogP contribution in [0.15, 0.2) is 66.2 Å². The van der Waals surface area contributed by atoms with Crippen LogP contribution in [0, 0.1) is 0 Å². The number of hydrogen-bond acceptors (Lipinski definition) is 8. The third-order valence-electron chi connectivity index (χ3n) is 5.79. The van der Waals surface area contributed by atoms with E-state index in [1.807, 2.05) is 6.92 Å². The molecule has 0 spiro atoms. The van der Waals surface area contributed by atoms with E-state index in [1.54, 1.807) is 43.5 Å². The SMILES string of the molecule is CCOc1ccc(N2C(=O)NC(=O)/C(=C\c3cc(Cl)c(OCC(=O)Nc4ccc(OC)cc4)c(OC)c3)C2=O)cc1. The molecule has 1 aliphatic heterocycles. The van der Waals surface area contributed by atoms with E-state index in [0.717, 1.165) is 4.90 Å². The number of benzene rings is 3. The molecule has 0 aromatic heterocycles. The Morgan fingerprint density at radius 2 is 1.63 bits per heavy atom. The molecule has 0 unspecified atom stereocenters. The number of methoxy groups -OCH3 is 2. The normalized spacial score (nSPS) is 14.0. The van der Waals surface area contributed by atoms with Gasteiger partial charge in [0.1, 0.15) is 17.1 Å². The van der Waals surface area contributed by atoms with Gasteiger partial charge in [-0.1, -0.05) is 11.6 Å². The van der Waals surface area contributed by atoms with Crippen molar-refractivity contribution in [1.82, 2.24) is 5.32 Å². The lowest BCUT2D eigenvalue weighted by Gasteiger charge is -2.26. The number of ether oxygens (including phenoxy) is 4. The molecule has 2 N–H and O–H groups in total. The summed E-state index contributed by atoms with van der Waals surface area (Å²) in [5.74, 6) is -0.676. The number of halogens is 1. The van der Waals surface area contributed by atoms with E-state index in [2.05, 4.69) is 10.6 Å². The Morgan fingerprint density at radius 1 is 0.951 bits per heavy atom. The van der Waals surface area contributed by atoms with Gasteiger partial charge in [0, 0.05) is 5.69 Å². The molecule has 0 radical (unpaired) electrons. The van der Waals surface area contributed by atoms with Gasteiger partial charge in [0.05, 0.1) is 31.5 Å². The van der Waals surface area contributed by atoms with E-state index in [0.29, 0.717) is 29.4 Å². The Bertz CT molecular complexity index is 1500. The highest BCUT2D eigenvalue weighted by Crippen LogP contribution is 2.37. The van der Waals surface area contributed by atoms with Gasteiger partial charge < -0.3 is 24.3 Å². The molecule has 1 fully saturated rings. The zero-order valence-corrected chi connectivity index (χ0v) is 23.1. The fourth-order valence-electron chi connectivity index (χ4n) is 3.89. The predicted molar refractivity (Wildman–Crippen MR) is 152 cm³/mol. The van der Waals surface area contributed by atoms with Crippen LogP contribution in [-0.2, 0) is 14.4 Å². The lowest BCUT2D eigenvalue weighted by molar-refractivity contribution is -0.122. The summed E-state index contributed by atoms with van der Waals surface area (Å²) in [5, 5.41) is 4.93. The van der Waals surface area contributed by atoms with E-state index in [1.165, 1.54) is 37.5 Å². The maximum atomic E-state index is 13.2. The number of carbonyl (C=O) groups excluding carboxylic acids is 4. The molecule has 12 heteroatoms. The second-order valence-electron chi connectivity index (χ2n) is 8.48. The number of imide groups is 2. The van der Waals surface area contributed by atoms with Crippen LogP contribution in [0.4, 0.5) is 16.2 Å². The quantitative estimate of drug-likeness (QED) is 0.266. The highest BCUT2D eigenvalue weighted by Gasteiger charge is 2.37. The molecule has 11 nitrogen and oxygen atoms in total. The average Bonchev–Trinajstić information content (AvgIpc) is 2.95. The summed E-state index contributed by atoms with van der Waals surface area (Å²) in [6.07, 6.45) is 1.28. The molecule has 212 valence electrons. The van der Waals surface area contributed by atoms with Crippen molar-refractivity contribution in [2.45, 2.75) is 6.92 Å². The first kappa shape index (κ1) is 29.0. The van der Waals surface area contributed by atoms with Gasteiger partial charge in [-0.2, -0.15) is 0 Å². The van der Waals surface area contributed by atoms with Crippen LogP contribution in [0.25, 0.3) is 6.08 Å². The van der Waals surface area contributed by atoms with Gasteiger partial charge in [0.2, 0.25) is 0 Å². The molecule has 4 rings (SSSR count). The molecule has 41 heavy (non-hydrogen) atoms. The van der Waals surface area contributed by atoms with Gasteiger partial charge in [-0.3, -0.25) is 19.7 Å². The highest BCUT2D eigenvalue weighted by atomic mass is 35.5. The van der Waals surface area contributed by atoms with Gasteiger partial charge >= 0.3 is 6.03 Å². The summed E-state index contributed by atoms with van der Waals surface area (Å²) in [7, 11) is 2.92. The van der Waals surface area contributed by atoms with Crippen molar-refractivity contribution < 1.29 is 38.1 Å². The minimum absolute atomic E-state index is 0.0663. The van der Waals surface area contributed by atoms with Gasteiger partial charge in [-0.05, 0) is 79.2 Å². The van der Waals surface area contributed by atoms with Crippen molar-refractivity contribution >= 4 is 52.8 Å². The number of urea groups is 1. The van der Waals surface area contributed by atoms with E-state index in [-0.39, 0.29) is 34.4 Å². The summed E-state index contributed by atoms with van der Waals surface area (Å²) in [6.45, 7) is 1.91. The lowest BCUT2D eigenvalue weighted by Crippen LogP contribution is -2.54. The van der Waals surface area contributed by atoms with Crippen molar-refractivity contribution in [2.75, 3.05) is 37.7 Å². The summed E-state index contributed by atoms with van der Waals surface area (Å²) in [5.41, 5.74) is 0.819. The maximum Gasteiger partial charge on any atom is 0.335 e. The van der Waals surface area contributed by atoms with E-state index in [4.69, 9.17) is 30.5 Å². The molecule has 0 saturated carbocycles. The summed E-state index contributed by atoms with van der Waals surface area (Å²) >= 11 is 6.43. The number of barbiturate groups is 1. The van der Waals surface area contributed by atoms with Gasteiger partial charge in [0.25, 0.3) is 17.7 Å². The Balaban J connectivity index is 1.52. The van der Waals surface area contributed by atoms with Crippen LogP contribution in [0.1, 0.15) is 12.5 Å². The van der Waals surface area contributed by atoms with Crippen LogP contribution < -0.4 is 34.5 Å². The number of anilines is 2. The molecule has 3 aromatic carbocycles. The average molecular weight is 580 g/mol. The molecular weight excluding hydrogens is 554 g/mol. The number of nitrogens with one attached hydrogen (secondary N) is 2. The first-order valence-corrected chi connectivity index (χ1v) is 12.7. The molecule has 5 amide bonds.